The van der Waals surface area contributed by atoms with E-state index in [4.69, 9.17) is 16.3 Å². The van der Waals surface area contributed by atoms with Crippen molar-refractivity contribution in [3.63, 3.8) is 0 Å². The van der Waals surface area contributed by atoms with E-state index in [1.807, 2.05) is 0 Å². The average Bonchev–Trinajstić information content (AvgIpc) is 2.37. The molecule has 0 aliphatic heterocycles. The van der Waals surface area contributed by atoms with Crippen molar-refractivity contribution < 1.29 is 18.7 Å². The minimum absolute atomic E-state index is 0.0264. The van der Waals surface area contributed by atoms with Crippen molar-refractivity contribution in [1.29, 1.82) is 0 Å². The van der Waals surface area contributed by atoms with Crippen LogP contribution in [0.15, 0.2) is 18.2 Å². The molecule has 0 unspecified atom stereocenters. The van der Waals surface area contributed by atoms with Gasteiger partial charge in [0.25, 0.3) is 5.91 Å². The van der Waals surface area contributed by atoms with E-state index in [-0.39, 0.29) is 17.2 Å². The molecule has 0 aromatic heterocycles. The van der Waals surface area contributed by atoms with E-state index >= 15 is 0 Å². The largest absolute Gasteiger partial charge is 0.466 e. The minimum atomic E-state index is -0.703. The normalized spacial score (nSPS) is 13.4. The summed E-state index contributed by atoms with van der Waals surface area (Å²) in [7, 11) is 0. The SMILES string of the molecule is CCOC(=O)[C@@H](C)[C@H](C)NC(=O)c1c(F)cccc1Cl. The molecule has 1 aromatic rings. The molecule has 0 aliphatic carbocycles. The Hall–Kier alpha value is -1.62. The Bertz CT molecular complexity index is 487. The van der Waals surface area contributed by atoms with Gasteiger partial charge in [-0.3, -0.25) is 9.59 Å². The zero-order valence-corrected chi connectivity index (χ0v) is 12.3. The van der Waals surface area contributed by atoms with Crippen LogP contribution in [0.2, 0.25) is 5.02 Å². The fourth-order valence-corrected chi connectivity index (χ4v) is 1.85. The molecule has 6 heteroatoms. The van der Waals surface area contributed by atoms with Gasteiger partial charge in [0.2, 0.25) is 0 Å². The van der Waals surface area contributed by atoms with E-state index in [1.165, 1.54) is 12.1 Å². The number of carbonyl (C=O) groups is 2. The summed E-state index contributed by atoms with van der Waals surface area (Å²) in [5.41, 5.74) is -0.225. The summed E-state index contributed by atoms with van der Waals surface area (Å²) in [6, 6.07) is 3.50. The molecule has 0 saturated carbocycles. The molecule has 20 heavy (non-hydrogen) atoms. The molecule has 1 N–H and O–H groups in total. The lowest BCUT2D eigenvalue weighted by Crippen LogP contribution is -2.41. The topological polar surface area (TPSA) is 55.4 Å². The third kappa shape index (κ3) is 3.93. The second kappa shape index (κ2) is 7.24. The van der Waals surface area contributed by atoms with Gasteiger partial charge >= 0.3 is 5.97 Å². The van der Waals surface area contributed by atoms with Gasteiger partial charge in [-0.25, -0.2) is 4.39 Å². The molecule has 110 valence electrons. The van der Waals surface area contributed by atoms with Crippen LogP contribution in [0.3, 0.4) is 0 Å². The minimum Gasteiger partial charge on any atom is -0.466 e. The highest BCUT2D eigenvalue weighted by atomic mass is 35.5. The summed E-state index contributed by atoms with van der Waals surface area (Å²) in [5.74, 6) is -2.31. The van der Waals surface area contributed by atoms with Gasteiger partial charge in [-0.2, -0.15) is 0 Å². The highest BCUT2D eigenvalue weighted by Gasteiger charge is 2.25. The molecule has 0 spiro atoms. The Morgan fingerprint density at radius 2 is 2.05 bits per heavy atom. The quantitative estimate of drug-likeness (QED) is 0.851. The summed E-state index contributed by atoms with van der Waals surface area (Å²) in [6.07, 6.45) is 0. The Balaban J connectivity index is 2.78. The fraction of sp³-hybridized carbons (Fsp3) is 0.429. The summed E-state index contributed by atoms with van der Waals surface area (Å²) >= 11 is 5.81. The maximum atomic E-state index is 13.6. The molecular weight excluding hydrogens is 285 g/mol. The number of nitrogens with one attached hydrogen (secondary N) is 1. The van der Waals surface area contributed by atoms with Crippen LogP contribution in [0.25, 0.3) is 0 Å². The van der Waals surface area contributed by atoms with Crippen LogP contribution in [0.5, 0.6) is 0 Å². The number of halogens is 2. The maximum Gasteiger partial charge on any atom is 0.310 e. The standard InChI is InChI=1S/C14H17ClFNO3/c1-4-20-14(19)8(2)9(3)17-13(18)12-10(15)6-5-7-11(12)16/h5-9H,4H2,1-3H3,(H,17,18)/t8-,9-/m0/s1. The van der Waals surface area contributed by atoms with Crippen LogP contribution in [-0.2, 0) is 9.53 Å². The number of amides is 1. The van der Waals surface area contributed by atoms with Gasteiger partial charge in [-0.1, -0.05) is 17.7 Å². The van der Waals surface area contributed by atoms with Crippen molar-refractivity contribution >= 4 is 23.5 Å². The summed E-state index contributed by atoms with van der Waals surface area (Å²) < 4.78 is 18.5. The first-order valence-corrected chi connectivity index (χ1v) is 6.67. The highest BCUT2D eigenvalue weighted by molar-refractivity contribution is 6.33. The number of benzene rings is 1. The zero-order chi connectivity index (χ0) is 15.3. The monoisotopic (exact) mass is 301 g/mol. The smallest absolute Gasteiger partial charge is 0.310 e. The van der Waals surface area contributed by atoms with Crippen molar-refractivity contribution in [2.45, 2.75) is 26.8 Å². The number of hydrogen-bond acceptors (Lipinski definition) is 3. The fourth-order valence-electron chi connectivity index (χ4n) is 1.60. The molecule has 1 rings (SSSR count). The Kier molecular flexibility index (Phi) is 5.95. The highest BCUT2D eigenvalue weighted by Crippen LogP contribution is 2.19. The molecule has 0 aliphatic rings. The first-order valence-electron chi connectivity index (χ1n) is 6.30. The van der Waals surface area contributed by atoms with Crippen LogP contribution in [-0.4, -0.2) is 24.5 Å². The first-order chi connectivity index (χ1) is 9.38. The average molecular weight is 302 g/mol. The van der Waals surface area contributed by atoms with Gasteiger partial charge in [0.15, 0.2) is 0 Å². The van der Waals surface area contributed by atoms with Crippen LogP contribution in [0.1, 0.15) is 31.1 Å². The van der Waals surface area contributed by atoms with Gasteiger partial charge in [0.1, 0.15) is 5.82 Å². The van der Waals surface area contributed by atoms with E-state index < -0.39 is 29.7 Å². The molecule has 1 aromatic carbocycles. The van der Waals surface area contributed by atoms with Crippen molar-refractivity contribution in [3.05, 3.63) is 34.6 Å². The van der Waals surface area contributed by atoms with Crippen LogP contribution < -0.4 is 5.32 Å². The van der Waals surface area contributed by atoms with Crippen molar-refractivity contribution in [3.8, 4) is 0 Å². The molecule has 2 atom stereocenters. The van der Waals surface area contributed by atoms with Crippen LogP contribution in [0, 0.1) is 11.7 Å². The van der Waals surface area contributed by atoms with Crippen LogP contribution in [0.4, 0.5) is 4.39 Å². The number of ether oxygens (including phenoxy) is 1. The molecular formula is C14H17ClFNO3. The summed E-state index contributed by atoms with van der Waals surface area (Å²) in [5, 5.41) is 2.58. The third-order valence-electron chi connectivity index (χ3n) is 2.96. The molecule has 4 nitrogen and oxygen atoms in total. The maximum absolute atomic E-state index is 13.6. The molecule has 0 radical (unpaired) electrons. The van der Waals surface area contributed by atoms with E-state index in [0.717, 1.165) is 6.07 Å². The van der Waals surface area contributed by atoms with Gasteiger partial charge in [0, 0.05) is 6.04 Å². The Morgan fingerprint density at radius 3 is 2.60 bits per heavy atom. The summed E-state index contributed by atoms with van der Waals surface area (Å²) in [6.45, 7) is 5.25. The zero-order valence-electron chi connectivity index (χ0n) is 11.6. The predicted molar refractivity (Wildman–Crippen MR) is 74.1 cm³/mol. The predicted octanol–water partition coefficient (Wildman–Crippen LogP) is 2.80. The lowest BCUT2D eigenvalue weighted by atomic mass is 10.0. The lowest BCUT2D eigenvalue weighted by Gasteiger charge is -2.20. The van der Waals surface area contributed by atoms with Gasteiger partial charge in [-0.05, 0) is 32.9 Å². The number of rotatable bonds is 5. The summed E-state index contributed by atoms with van der Waals surface area (Å²) in [4.78, 5) is 23.6. The number of carbonyl (C=O) groups excluding carboxylic acids is 2. The van der Waals surface area contributed by atoms with Crippen molar-refractivity contribution in [2.24, 2.45) is 5.92 Å². The van der Waals surface area contributed by atoms with E-state index in [0.29, 0.717) is 0 Å². The van der Waals surface area contributed by atoms with Gasteiger partial charge in [0.05, 0.1) is 23.1 Å². The number of esters is 1. The molecule has 0 heterocycles. The first kappa shape index (κ1) is 16.4. The second-order valence-corrected chi connectivity index (χ2v) is 4.81. The second-order valence-electron chi connectivity index (χ2n) is 4.40. The molecule has 1 amide bonds. The number of hydrogen-bond donors (Lipinski definition) is 1. The third-order valence-corrected chi connectivity index (χ3v) is 3.27. The molecule has 0 fully saturated rings. The molecule has 0 bridgehead atoms. The van der Waals surface area contributed by atoms with E-state index in [2.05, 4.69) is 5.32 Å². The Labute approximate surface area is 122 Å². The van der Waals surface area contributed by atoms with Crippen LogP contribution >= 0.6 is 11.6 Å². The van der Waals surface area contributed by atoms with Gasteiger partial charge in [-0.15, -0.1) is 0 Å². The van der Waals surface area contributed by atoms with Crippen molar-refractivity contribution in [2.75, 3.05) is 6.61 Å². The van der Waals surface area contributed by atoms with E-state index in [1.54, 1.807) is 20.8 Å². The van der Waals surface area contributed by atoms with Gasteiger partial charge < -0.3 is 10.1 Å². The Morgan fingerprint density at radius 1 is 1.40 bits per heavy atom. The molecule has 0 saturated heterocycles. The van der Waals surface area contributed by atoms with E-state index in [9.17, 15) is 14.0 Å². The van der Waals surface area contributed by atoms with Crippen molar-refractivity contribution in [1.82, 2.24) is 5.32 Å². The lowest BCUT2D eigenvalue weighted by molar-refractivity contribution is -0.148.